The molecule has 0 spiro atoms. The molecule has 0 aliphatic rings. The second kappa shape index (κ2) is 4.96. The third kappa shape index (κ3) is 3.00. The highest BCUT2D eigenvalue weighted by atomic mass is 127. The number of nitrogens with zero attached hydrogens (tertiary/aromatic N) is 1. The number of carbonyl (C=O) groups is 1. The van der Waals surface area contributed by atoms with Gasteiger partial charge in [0.25, 0.3) is 0 Å². The Kier molecular flexibility index (Phi) is 3.89. The van der Waals surface area contributed by atoms with Crippen LogP contribution in [0, 0.1) is 21.8 Å². The Balaban J connectivity index is 2.74. The van der Waals surface area contributed by atoms with E-state index in [-0.39, 0.29) is 12.3 Å². The topological polar surface area (TPSA) is 52.9 Å². The molecule has 4 heteroatoms. The van der Waals surface area contributed by atoms with Crippen LogP contribution in [-0.4, -0.2) is 5.91 Å². The van der Waals surface area contributed by atoms with Gasteiger partial charge in [0.1, 0.15) is 6.42 Å². The van der Waals surface area contributed by atoms with E-state index < -0.39 is 0 Å². The predicted molar refractivity (Wildman–Crippen MR) is 62.8 cm³/mol. The van der Waals surface area contributed by atoms with Crippen molar-refractivity contribution in [1.82, 2.24) is 0 Å². The highest BCUT2D eigenvalue weighted by Gasteiger charge is 2.02. The number of amides is 1. The lowest BCUT2D eigenvalue weighted by molar-refractivity contribution is -0.115. The molecule has 0 saturated heterocycles. The zero-order valence-corrected chi connectivity index (χ0v) is 9.83. The number of halogens is 1. The van der Waals surface area contributed by atoms with Gasteiger partial charge in [-0.15, -0.1) is 0 Å². The Morgan fingerprint density at radius 1 is 1.64 bits per heavy atom. The molecule has 0 fully saturated rings. The minimum absolute atomic E-state index is 0.107. The summed E-state index contributed by atoms with van der Waals surface area (Å²) >= 11 is 2.20. The van der Waals surface area contributed by atoms with Crippen LogP contribution in [0.25, 0.3) is 0 Å². The SMILES string of the molecule is Cc1ccc(NC(=O)CC#N)cc1I. The standard InChI is InChI=1S/C10H9IN2O/c1-7-2-3-8(6-9(7)11)13-10(14)4-5-12/h2-3,6H,4H2,1H3,(H,13,14). The van der Waals surface area contributed by atoms with Crippen LogP contribution in [-0.2, 0) is 4.79 Å². The zero-order chi connectivity index (χ0) is 10.6. The van der Waals surface area contributed by atoms with Gasteiger partial charge in [0.2, 0.25) is 5.91 Å². The van der Waals surface area contributed by atoms with Crippen molar-refractivity contribution in [3.63, 3.8) is 0 Å². The average molecular weight is 300 g/mol. The average Bonchev–Trinajstić information content (AvgIpc) is 2.12. The van der Waals surface area contributed by atoms with Crippen LogP contribution >= 0.6 is 22.6 Å². The number of aryl methyl sites for hydroxylation is 1. The number of carbonyl (C=O) groups excluding carboxylic acids is 1. The van der Waals surface area contributed by atoms with Crippen molar-refractivity contribution in [1.29, 1.82) is 5.26 Å². The maximum absolute atomic E-state index is 11.1. The molecule has 1 N–H and O–H groups in total. The van der Waals surface area contributed by atoms with E-state index in [0.717, 1.165) is 9.26 Å². The molecule has 0 aromatic heterocycles. The van der Waals surface area contributed by atoms with E-state index in [2.05, 4.69) is 27.9 Å². The lowest BCUT2D eigenvalue weighted by atomic mass is 10.2. The van der Waals surface area contributed by atoms with Gasteiger partial charge in [-0.1, -0.05) is 6.07 Å². The summed E-state index contributed by atoms with van der Waals surface area (Å²) in [5, 5.41) is 10.9. The van der Waals surface area contributed by atoms with Crippen molar-refractivity contribution in [2.75, 3.05) is 5.32 Å². The summed E-state index contributed by atoms with van der Waals surface area (Å²) in [5.41, 5.74) is 1.91. The summed E-state index contributed by atoms with van der Waals surface area (Å²) in [6.45, 7) is 2.00. The normalized spacial score (nSPS) is 9.21. The largest absolute Gasteiger partial charge is 0.325 e. The summed E-state index contributed by atoms with van der Waals surface area (Å²) in [6.07, 6.45) is -0.107. The van der Waals surface area contributed by atoms with Crippen LogP contribution < -0.4 is 5.32 Å². The molecule has 14 heavy (non-hydrogen) atoms. The number of rotatable bonds is 2. The third-order valence-electron chi connectivity index (χ3n) is 1.70. The van der Waals surface area contributed by atoms with E-state index in [1.165, 1.54) is 5.56 Å². The first-order valence-corrected chi connectivity index (χ1v) is 5.14. The van der Waals surface area contributed by atoms with Crippen LogP contribution in [0.1, 0.15) is 12.0 Å². The van der Waals surface area contributed by atoms with E-state index in [1.54, 1.807) is 6.07 Å². The highest BCUT2D eigenvalue weighted by Crippen LogP contribution is 2.16. The Morgan fingerprint density at radius 2 is 2.36 bits per heavy atom. The van der Waals surface area contributed by atoms with Crippen LogP contribution in [0.4, 0.5) is 5.69 Å². The second-order valence-electron chi connectivity index (χ2n) is 2.85. The molecule has 0 aliphatic heterocycles. The third-order valence-corrected chi connectivity index (χ3v) is 2.86. The summed E-state index contributed by atoms with van der Waals surface area (Å²) in [7, 11) is 0. The van der Waals surface area contributed by atoms with E-state index in [4.69, 9.17) is 5.26 Å². The molecule has 0 radical (unpaired) electrons. The maximum Gasteiger partial charge on any atom is 0.238 e. The first-order chi connectivity index (χ1) is 6.63. The molecule has 0 aliphatic carbocycles. The van der Waals surface area contributed by atoms with Crippen molar-refractivity contribution in [2.24, 2.45) is 0 Å². The van der Waals surface area contributed by atoms with Crippen LogP contribution in [0.3, 0.4) is 0 Å². The van der Waals surface area contributed by atoms with E-state index >= 15 is 0 Å². The number of hydrogen-bond acceptors (Lipinski definition) is 2. The molecule has 0 heterocycles. The predicted octanol–water partition coefficient (Wildman–Crippen LogP) is 2.45. The van der Waals surface area contributed by atoms with Gasteiger partial charge in [0.15, 0.2) is 0 Å². The van der Waals surface area contributed by atoms with Gasteiger partial charge in [-0.25, -0.2) is 0 Å². The maximum atomic E-state index is 11.1. The fourth-order valence-electron chi connectivity index (χ4n) is 0.948. The molecule has 72 valence electrons. The molecule has 1 amide bonds. The smallest absolute Gasteiger partial charge is 0.238 e. The van der Waals surface area contributed by atoms with Crippen LogP contribution in [0.5, 0.6) is 0 Å². The van der Waals surface area contributed by atoms with Crippen molar-refractivity contribution in [3.05, 3.63) is 27.3 Å². The summed E-state index contributed by atoms with van der Waals surface area (Å²) in [5.74, 6) is -0.271. The number of benzene rings is 1. The van der Waals surface area contributed by atoms with E-state index in [0.29, 0.717) is 0 Å². The lowest BCUT2D eigenvalue weighted by Crippen LogP contribution is -2.10. The van der Waals surface area contributed by atoms with Crippen LogP contribution in [0.15, 0.2) is 18.2 Å². The quantitative estimate of drug-likeness (QED) is 0.853. The second-order valence-corrected chi connectivity index (χ2v) is 4.01. The number of nitrogens with one attached hydrogen (secondary N) is 1. The Hall–Kier alpha value is -1.09. The molecule has 3 nitrogen and oxygen atoms in total. The number of anilines is 1. The monoisotopic (exact) mass is 300 g/mol. The van der Waals surface area contributed by atoms with E-state index in [9.17, 15) is 4.79 Å². The Labute approximate surface area is 96.3 Å². The first-order valence-electron chi connectivity index (χ1n) is 4.06. The van der Waals surface area contributed by atoms with Crippen molar-refractivity contribution < 1.29 is 4.79 Å². The first kappa shape index (κ1) is 11.0. The molecule has 0 atom stereocenters. The molecule has 0 saturated carbocycles. The number of hydrogen-bond donors (Lipinski definition) is 1. The zero-order valence-electron chi connectivity index (χ0n) is 7.67. The molecule has 1 rings (SSSR count). The Bertz CT molecular complexity index is 396. The van der Waals surface area contributed by atoms with Gasteiger partial charge in [-0.2, -0.15) is 5.26 Å². The molecule has 0 bridgehead atoms. The summed E-state index contributed by atoms with van der Waals surface area (Å²) in [6, 6.07) is 7.44. The molecule has 1 aromatic carbocycles. The summed E-state index contributed by atoms with van der Waals surface area (Å²) < 4.78 is 1.09. The summed E-state index contributed by atoms with van der Waals surface area (Å²) in [4.78, 5) is 11.1. The molecular weight excluding hydrogens is 291 g/mol. The minimum atomic E-state index is -0.271. The highest BCUT2D eigenvalue weighted by molar-refractivity contribution is 14.1. The van der Waals surface area contributed by atoms with Crippen molar-refractivity contribution >= 4 is 34.2 Å². The van der Waals surface area contributed by atoms with Crippen molar-refractivity contribution in [3.8, 4) is 6.07 Å². The molecule has 0 unspecified atom stereocenters. The van der Waals surface area contributed by atoms with Gasteiger partial charge < -0.3 is 5.32 Å². The number of nitriles is 1. The van der Waals surface area contributed by atoms with Gasteiger partial charge in [0, 0.05) is 9.26 Å². The van der Waals surface area contributed by atoms with E-state index in [1.807, 2.05) is 25.1 Å². The van der Waals surface area contributed by atoms with Crippen LogP contribution in [0.2, 0.25) is 0 Å². The fraction of sp³-hybridized carbons (Fsp3) is 0.200. The molecule has 1 aromatic rings. The molecular formula is C10H9IN2O. The fourth-order valence-corrected chi connectivity index (χ4v) is 1.46. The van der Waals surface area contributed by atoms with Gasteiger partial charge in [0.05, 0.1) is 6.07 Å². The van der Waals surface area contributed by atoms with Gasteiger partial charge in [-0.3, -0.25) is 4.79 Å². The Morgan fingerprint density at radius 3 is 2.93 bits per heavy atom. The minimum Gasteiger partial charge on any atom is -0.325 e. The van der Waals surface area contributed by atoms with Gasteiger partial charge in [-0.05, 0) is 47.2 Å². The lowest BCUT2D eigenvalue weighted by Gasteiger charge is -2.04. The van der Waals surface area contributed by atoms with Crippen molar-refractivity contribution in [2.45, 2.75) is 13.3 Å². The van der Waals surface area contributed by atoms with Gasteiger partial charge >= 0.3 is 0 Å².